The van der Waals surface area contributed by atoms with E-state index in [1.165, 1.54) is 29.4 Å². The molecule has 106 valence electrons. The highest BCUT2D eigenvalue weighted by molar-refractivity contribution is 5.79. The summed E-state index contributed by atoms with van der Waals surface area (Å²) in [4.78, 5) is 12.3. The van der Waals surface area contributed by atoms with Crippen LogP contribution >= 0.6 is 0 Å². The number of carbonyl (C=O) groups excluding carboxylic acids is 1. The zero-order valence-electron chi connectivity index (χ0n) is 11.8. The Hall–Kier alpha value is -2.13. The summed E-state index contributed by atoms with van der Waals surface area (Å²) < 4.78 is 5.02. The number of esters is 1. The number of fused-ring (bicyclic) bond motifs is 1. The van der Waals surface area contributed by atoms with E-state index in [2.05, 4.69) is 24.3 Å². The lowest BCUT2D eigenvalue weighted by Crippen LogP contribution is -2.51. The third-order valence-electron chi connectivity index (χ3n) is 4.96. The summed E-state index contributed by atoms with van der Waals surface area (Å²) in [7, 11) is 1.44. The molecule has 2 aromatic carbocycles. The van der Waals surface area contributed by atoms with Crippen molar-refractivity contribution in [2.45, 2.75) is 17.9 Å². The highest BCUT2D eigenvalue weighted by atomic mass is 16.5. The lowest BCUT2D eigenvalue weighted by atomic mass is 9.57. The highest BCUT2D eigenvalue weighted by Crippen LogP contribution is 2.54. The van der Waals surface area contributed by atoms with Gasteiger partial charge in [0.05, 0.1) is 13.0 Å². The predicted octanol–water partition coefficient (Wildman–Crippen LogP) is 2.39. The van der Waals surface area contributed by atoms with Crippen molar-refractivity contribution in [3.8, 4) is 0 Å². The molecule has 2 unspecified atom stereocenters. The normalized spacial score (nSPS) is 28.7. The Morgan fingerprint density at radius 3 is 1.76 bits per heavy atom. The van der Waals surface area contributed by atoms with Crippen LogP contribution < -0.4 is 5.73 Å². The minimum Gasteiger partial charge on any atom is -0.469 e. The van der Waals surface area contributed by atoms with Gasteiger partial charge in [-0.25, -0.2) is 0 Å². The van der Waals surface area contributed by atoms with Crippen molar-refractivity contribution in [2.75, 3.05) is 7.11 Å². The molecule has 5 rings (SSSR count). The van der Waals surface area contributed by atoms with Crippen LogP contribution in [-0.2, 0) is 9.53 Å². The van der Waals surface area contributed by atoms with Crippen molar-refractivity contribution >= 4 is 5.97 Å². The van der Waals surface area contributed by atoms with Crippen LogP contribution in [0.25, 0.3) is 0 Å². The molecule has 0 amide bonds. The Balaban J connectivity index is 2.00. The molecule has 2 bridgehead atoms. The fraction of sp³-hybridized carbons (Fsp3) is 0.278. The Kier molecular flexibility index (Phi) is 2.66. The van der Waals surface area contributed by atoms with Crippen LogP contribution in [0.3, 0.4) is 0 Å². The molecular formula is C18H17NO2. The van der Waals surface area contributed by atoms with Crippen molar-refractivity contribution in [1.82, 2.24) is 0 Å². The molecule has 0 spiro atoms. The van der Waals surface area contributed by atoms with Gasteiger partial charge in [0.15, 0.2) is 0 Å². The first kappa shape index (κ1) is 12.6. The van der Waals surface area contributed by atoms with Gasteiger partial charge in [-0.2, -0.15) is 0 Å². The molecule has 2 N–H and O–H groups in total. The van der Waals surface area contributed by atoms with Crippen LogP contribution in [0.5, 0.6) is 0 Å². The molecule has 0 saturated carbocycles. The quantitative estimate of drug-likeness (QED) is 0.815. The lowest BCUT2D eigenvalue weighted by molar-refractivity contribution is -0.147. The summed E-state index contributed by atoms with van der Waals surface area (Å²) in [6, 6.07) is 16.4. The first-order chi connectivity index (χ1) is 10.2. The molecule has 3 heteroatoms. The lowest BCUT2D eigenvalue weighted by Gasteiger charge is -2.48. The predicted molar refractivity (Wildman–Crippen MR) is 80.1 cm³/mol. The van der Waals surface area contributed by atoms with E-state index in [4.69, 9.17) is 10.5 Å². The minimum absolute atomic E-state index is 0.00449. The van der Waals surface area contributed by atoms with E-state index < -0.39 is 0 Å². The van der Waals surface area contributed by atoms with E-state index in [1.54, 1.807) is 0 Å². The Bertz CT molecular complexity index is 677. The number of carbonyl (C=O) groups is 1. The van der Waals surface area contributed by atoms with Crippen LogP contribution in [0, 0.1) is 5.92 Å². The molecule has 0 saturated heterocycles. The molecule has 0 heterocycles. The van der Waals surface area contributed by atoms with Gasteiger partial charge in [-0.15, -0.1) is 0 Å². The number of methoxy groups -OCH3 is 1. The largest absolute Gasteiger partial charge is 0.469 e. The average molecular weight is 279 g/mol. The molecule has 3 aliphatic carbocycles. The fourth-order valence-electron chi connectivity index (χ4n) is 4.15. The number of nitrogens with two attached hydrogens (primary N) is 1. The first-order valence-electron chi connectivity index (χ1n) is 7.25. The summed E-state index contributed by atoms with van der Waals surface area (Å²) in [6.07, 6.45) is 0. The standard InChI is InChI=1S/C18H17NO2/c1-21-18(20)16-14-10-6-2-4-8-12(10)15(17(16)19)13-9-5-3-7-11(13)14/h2-9,14-17H,19H2,1H3/t14-,15-,16?,17?. The molecule has 2 atom stereocenters. The Morgan fingerprint density at radius 2 is 1.33 bits per heavy atom. The maximum atomic E-state index is 12.3. The maximum absolute atomic E-state index is 12.3. The third kappa shape index (κ3) is 1.55. The maximum Gasteiger partial charge on any atom is 0.311 e. The van der Waals surface area contributed by atoms with E-state index in [0.29, 0.717) is 0 Å². The summed E-state index contributed by atoms with van der Waals surface area (Å²) >= 11 is 0. The molecule has 2 aromatic rings. The van der Waals surface area contributed by atoms with Gasteiger partial charge >= 0.3 is 5.97 Å². The van der Waals surface area contributed by atoms with Crippen molar-refractivity contribution in [3.05, 3.63) is 70.8 Å². The second-order valence-corrected chi connectivity index (χ2v) is 5.84. The monoisotopic (exact) mass is 279 g/mol. The Morgan fingerprint density at radius 1 is 0.905 bits per heavy atom. The van der Waals surface area contributed by atoms with E-state index in [0.717, 1.165) is 0 Å². The van der Waals surface area contributed by atoms with Gasteiger partial charge in [0, 0.05) is 17.9 Å². The second-order valence-electron chi connectivity index (χ2n) is 5.84. The Labute approximate surface area is 123 Å². The molecule has 0 aliphatic heterocycles. The van der Waals surface area contributed by atoms with E-state index >= 15 is 0 Å². The molecule has 21 heavy (non-hydrogen) atoms. The van der Waals surface area contributed by atoms with E-state index in [1.807, 2.05) is 24.3 Å². The van der Waals surface area contributed by atoms with Crippen molar-refractivity contribution < 1.29 is 9.53 Å². The van der Waals surface area contributed by atoms with Gasteiger partial charge in [-0.3, -0.25) is 4.79 Å². The number of hydrogen-bond acceptors (Lipinski definition) is 3. The summed E-state index contributed by atoms with van der Waals surface area (Å²) in [5, 5.41) is 0. The average Bonchev–Trinajstić information content (AvgIpc) is 2.54. The molecule has 0 radical (unpaired) electrons. The summed E-state index contributed by atoms with van der Waals surface area (Å²) in [5.74, 6) is -0.428. The summed E-state index contributed by atoms with van der Waals surface area (Å²) in [5.41, 5.74) is 11.4. The van der Waals surface area contributed by atoms with Gasteiger partial charge < -0.3 is 10.5 Å². The fourth-order valence-corrected chi connectivity index (χ4v) is 4.15. The molecule has 0 aromatic heterocycles. The molecular weight excluding hydrogens is 262 g/mol. The highest BCUT2D eigenvalue weighted by Gasteiger charge is 2.51. The summed E-state index contributed by atoms with van der Waals surface area (Å²) in [6.45, 7) is 0. The van der Waals surface area contributed by atoms with Gasteiger partial charge in [0.25, 0.3) is 0 Å². The van der Waals surface area contributed by atoms with Crippen LogP contribution in [0.4, 0.5) is 0 Å². The number of hydrogen-bond donors (Lipinski definition) is 1. The van der Waals surface area contributed by atoms with Crippen LogP contribution in [0.15, 0.2) is 48.5 Å². The first-order valence-corrected chi connectivity index (χ1v) is 7.25. The zero-order valence-corrected chi connectivity index (χ0v) is 11.8. The van der Waals surface area contributed by atoms with E-state index in [-0.39, 0.29) is 29.8 Å². The number of benzene rings is 2. The van der Waals surface area contributed by atoms with Crippen LogP contribution in [0.2, 0.25) is 0 Å². The minimum atomic E-state index is -0.301. The van der Waals surface area contributed by atoms with E-state index in [9.17, 15) is 4.79 Å². The third-order valence-corrected chi connectivity index (χ3v) is 4.96. The SMILES string of the molecule is COC(=O)C1C(N)[C@H]2c3ccccc3[C@H]1c1ccccc12. The van der Waals surface area contributed by atoms with Crippen molar-refractivity contribution in [1.29, 1.82) is 0 Å². The van der Waals surface area contributed by atoms with Gasteiger partial charge in [0.2, 0.25) is 0 Å². The van der Waals surface area contributed by atoms with Gasteiger partial charge in [0.1, 0.15) is 0 Å². The number of ether oxygens (including phenoxy) is 1. The van der Waals surface area contributed by atoms with Gasteiger partial charge in [-0.1, -0.05) is 48.5 Å². The van der Waals surface area contributed by atoms with Crippen molar-refractivity contribution in [2.24, 2.45) is 11.7 Å². The molecule has 3 aliphatic rings. The van der Waals surface area contributed by atoms with Crippen LogP contribution in [-0.4, -0.2) is 19.1 Å². The second kappa shape index (κ2) is 4.43. The van der Waals surface area contributed by atoms with Crippen molar-refractivity contribution in [3.63, 3.8) is 0 Å². The molecule has 0 fully saturated rings. The zero-order chi connectivity index (χ0) is 14.6. The molecule has 3 nitrogen and oxygen atoms in total. The number of rotatable bonds is 1. The van der Waals surface area contributed by atoms with Crippen LogP contribution in [0.1, 0.15) is 34.1 Å². The van der Waals surface area contributed by atoms with Gasteiger partial charge in [-0.05, 0) is 22.3 Å². The topological polar surface area (TPSA) is 52.3 Å². The smallest absolute Gasteiger partial charge is 0.311 e.